The van der Waals surface area contributed by atoms with E-state index in [0.717, 1.165) is 0 Å². The minimum Gasteiger partial charge on any atom is -0.304 e. The lowest BCUT2D eigenvalue weighted by Crippen LogP contribution is -2.44. The Morgan fingerprint density at radius 3 is 2.20 bits per heavy atom. The molecule has 5 nitrogen and oxygen atoms in total. The first kappa shape index (κ1) is 13.5. The molecule has 2 rings (SSSR count). The fourth-order valence-electron chi connectivity index (χ4n) is 1.49. The summed E-state index contributed by atoms with van der Waals surface area (Å²) >= 11 is 0. The van der Waals surface area contributed by atoms with Crippen molar-refractivity contribution in [1.82, 2.24) is 10.9 Å². The molecule has 20 heavy (non-hydrogen) atoms. The highest BCUT2D eigenvalue weighted by atomic mass is 19.1. The second-order valence-electron chi connectivity index (χ2n) is 3.88. The molecular weight excluding hydrogens is 261 g/mol. The minimum atomic E-state index is -0.737. The average molecular weight is 273 g/mol. The van der Waals surface area contributed by atoms with Crippen molar-refractivity contribution in [2.24, 2.45) is 0 Å². The van der Waals surface area contributed by atoms with Crippen molar-refractivity contribution in [2.75, 3.05) is 5.32 Å². The summed E-state index contributed by atoms with van der Waals surface area (Å²) in [5, 5.41) is 2.28. The Kier molecular flexibility index (Phi) is 4.28. The molecule has 0 aliphatic heterocycles. The predicted molar refractivity (Wildman–Crippen MR) is 72.5 cm³/mol. The molecular formula is C14H12FN3O2. The number of para-hydroxylation sites is 1. The Bertz CT molecular complexity index is 617. The molecule has 0 heterocycles. The predicted octanol–water partition coefficient (Wildman–Crippen LogP) is 2.29. The fraction of sp³-hybridized carbons (Fsp3) is 0. The van der Waals surface area contributed by atoms with Crippen molar-refractivity contribution in [3.63, 3.8) is 0 Å². The van der Waals surface area contributed by atoms with Gasteiger partial charge in [-0.15, -0.1) is 0 Å². The molecule has 0 bridgehead atoms. The van der Waals surface area contributed by atoms with Crippen LogP contribution in [0.1, 0.15) is 10.4 Å². The lowest BCUT2D eigenvalue weighted by atomic mass is 10.2. The van der Waals surface area contributed by atoms with E-state index in [4.69, 9.17) is 0 Å². The molecule has 2 aromatic carbocycles. The molecule has 0 radical (unpaired) electrons. The molecule has 0 spiro atoms. The van der Waals surface area contributed by atoms with Gasteiger partial charge in [0.15, 0.2) is 0 Å². The standard InChI is InChI=1S/C14H12FN3O2/c15-11-8-4-5-9-12(11)16-14(20)18-17-13(19)10-6-2-1-3-7-10/h1-9H,(H,17,19)(H2,16,18,20). The van der Waals surface area contributed by atoms with Gasteiger partial charge >= 0.3 is 6.03 Å². The van der Waals surface area contributed by atoms with Gasteiger partial charge in [0.1, 0.15) is 5.82 Å². The zero-order valence-electron chi connectivity index (χ0n) is 10.4. The Morgan fingerprint density at radius 1 is 0.850 bits per heavy atom. The van der Waals surface area contributed by atoms with Gasteiger partial charge in [0, 0.05) is 5.56 Å². The lowest BCUT2D eigenvalue weighted by molar-refractivity contribution is 0.0938. The molecule has 0 atom stereocenters. The van der Waals surface area contributed by atoms with Gasteiger partial charge in [-0.05, 0) is 24.3 Å². The van der Waals surface area contributed by atoms with Crippen molar-refractivity contribution >= 4 is 17.6 Å². The quantitative estimate of drug-likeness (QED) is 0.735. The number of nitrogens with one attached hydrogen (secondary N) is 3. The summed E-state index contributed by atoms with van der Waals surface area (Å²) in [6.45, 7) is 0. The van der Waals surface area contributed by atoms with Crippen LogP contribution in [0.25, 0.3) is 0 Å². The molecule has 3 N–H and O–H groups in total. The summed E-state index contributed by atoms with van der Waals surface area (Å²) in [7, 11) is 0. The molecule has 0 unspecified atom stereocenters. The van der Waals surface area contributed by atoms with E-state index in [1.54, 1.807) is 36.4 Å². The van der Waals surface area contributed by atoms with Crippen LogP contribution in [0.5, 0.6) is 0 Å². The monoisotopic (exact) mass is 273 g/mol. The van der Waals surface area contributed by atoms with E-state index in [0.29, 0.717) is 5.56 Å². The van der Waals surface area contributed by atoms with Crippen molar-refractivity contribution in [3.05, 3.63) is 66.0 Å². The van der Waals surface area contributed by atoms with Crippen LogP contribution in [0.2, 0.25) is 0 Å². The molecule has 0 aliphatic rings. The van der Waals surface area contributed by atoms with E-state index >= 15 is 0 Å². The first-order chi connectivity index (χ1) is 9.66. The van der Waals surface area contributed by atoms with E-state index in [9.17, 15) is 14.0 Å². The van der Waals surface area contributed by atoms with Gasteiger partial charge in [-0.3, -0.25) is 10.2 Å². The number of rotatable bonds is 2. The smallest absolute Gasteiger partial charge is 0.304 e. The Hall–Kier alpha value is -2.89. The van der Waals surface area contributed by atoms with Crippen LogP contribution >= 0.6 is 0 Å². The second-order valence-corrected chi connectivity index (χ2v) is 3.88. The number of urea groups is 1. The van der Waals surface area contributed by atoms with Gasteiger partial charge in [-0.1, -0.05) is 30.3 Å². The zero-order valence-corrected chi connectivity index (χ0v) is 10.4. The SMILES string of the molecule is O=C(NNC(=O)c1ccccc1)Nc1ccccc1F. The minimum absolute atomic E-state index is 0.0268. The molecule has 2 aromatic rings. The maximum atomic E-state index is 13.3. The fourth-order valence-corrected chi connectivity index (χ4v) is 1.49. The molecule has 0 saturated carbocycles. The summed E-state index contributed by atoms with van der Waals surface area (Å²) in [5.74, 6) is -1.02. The highest BCUT2D eigenvalue weighted by Gasteiger charge is 2.08. The highest BCUT2D eigenvalue weighted by Crippen LogP contribution is 2.11. The lowest BCUT2D eigenvalue weighted by Gasteiger charge is -2.09. The van der Waals surface area contributed by atoms with Gasteiger partial charge in [0.05, 0.1) is 5.69 Å². The van der Waals surface area contributed by atoms with E-state index in [1.807, 2.05) is 0 Å². The summed E-state index contributed by atoms with van der Waals surface area (Å²) in [6.07, 6.45) is 0. The van der Waals surface area contributed by atoms with E-state index in [-0.39, 0.29) is 5.69 Å². The zero-order chi connectivity index (χ0) is 14.4. The van der Waals surface area contributed by atoms with Crippen LogP contribution < -0.4 is 16.2 Å². The third-order valence-electron chi connectivity index (χ3n) is 2.45. The molecule has 0 aromatic heterocycles. The third-order valence-corrected chi connectivity index (χ3v) is 2.45. The van der Waals surface area contributed by atoms with Gasteiger partial charge < -0.3 is 5.32 Å². The topological polar surface area (TPSA) is 70.2 Å². The molecule has 102 valence electrons. The summed E-state index contributed by atoms with van der Waals surface area (Å²) in [4.78, 5) is 23.1. The van der Waals surface area contributed by atoms with Crippen LogP contribution in [0, 0.1) is 5.82 Å². The molecule has 0 saturated heterocycles. The largest absolute Gasteiger partial charge is 0.338 e. The van der Waals surface area contributed by atoms with Gasteiger partial charge in [-0.2, -0.15) is 0 Å². The number of benzene rings is 2. The number of hydrogen-bond acceptors (Lipinski definition) is 2. The van der Waals surface area contributed by atoms with Gasteiger partial charge in [-0.25, -0.2) is 14.6 Å². The van der Waals surface area contributed by atoms with E-state index in [1.165, 1.54) is 18.2 Å². The maximum Gasteiger partial charge on any atom is 0.338 e. The van der Waals surface area contributed by atoms with Crippen LogP contribution in [-0.4, -0.2) is 11.9 Å². The number of anilines is 1. The number of hydrogen-bond donors (Lipinski definition) is 3. The van der Waals surface area contributed by atoms with Crippen molar-refractivity contribution in [2.45, 2.75) is 0 Å². The number of amides is 3. The van der Waals surface area contributed by atoms with Crippen molar-refractivity contribution < 1.29 is 14.0 Å². The summed E-state index contributed by atoms with van der Waals surface area (Å²) in [5.41, 5.74) is 4.78. The van der Waals surface area contributed by atoms with Gasteiger partial charge in [0.2, 0.25) is 0 Å². The number of carbonyl (C=O) groups excluding carboxylic acids is 2. The first-order valence-electron chi connectivity index (χ1n) is 5.84. The van der Waals surface area contributed by atoms with Crippen molar-refractivity contribution in [3.8, 4) is 0 Å². The van der Waals surface area contributed by atoms with Crippen LogP contribution in [0.3, 0.4) is 0 Å². The van der Waals surface area contributed by atoms with Gasteiger partial charge in [0.25, 0.3) is 5.91 Å². The Labute approximate surface area is 114 Å². The second kappa shape index (κ2) is 6.33. The maximum absolute atomic E-state index is 13.3. The average Bonchev–Trinajstić information content (AvgIpc) is 2.48. The number of hydrazine groups is 1. The van der Waals surface area contributed by atoms with Crippen molar-refractivity contribution in [1.29, 1.82) is 0 Å². The normalized spacial score (nSPS) is 9.65. The molecule has 0 aliphatic carbocycles. The van der Waals surface area contributed by atoms with Crippen LogP contribution in [0.4, 0.5) is 14.9 Å². The molecule has 6 heteroatoms. The van der Waals surface area contributed by atoms with Crippen LogP contribution in [-0.2, 0) is 0 Å². The van der Waals surface area contributed by atoms with E-state index < -0.39 is 17.8 Å². The number of carbonyl (C=O) groups is 2. The van der Waals surface area contributed by atoms with E-state index in [2.05, 4.69) is 16.2 Å². The highest BCUT2D eigenvalue weighted by molar-refractivity contribution is 5.97. The first-order valence-corrected chi connectivity index (χ1v) is 5.84. The Balaban J connectivity index is 1.87. The summed E-state index contributed by atoms with van der Waals surface area (Å²) in [6, 6.07) is 13.4. The number of halogens is 1. The summed E-state index contributed by atoms with van der Waals surface area (Å²) < 4.78 is 13.3. The Morgan fingerprint density at radius 2 is 1.50 bits per heavy atom. The third kappa shape index (κ3) is 3.55. The molecule has 0 fully saturated rings. The van der Waals surface area contributed by atoms with Crippen LogP contribution in [0.15, 0.2) is 54.6 Å². The molecule has 3 amide bonds.